The van der Waals surface area contributed by atoms with Crippen molar-refractivity contribution in [3.8, 4) is 0 Å². The number of amides is 1. The van der Waals surface area contributed by atoms with Gasteiger partial charge >= 0.3 is 0 Å². The molecule has 0 aliphatic carbocycles. The Morgan fingerprint density at radius 2 is 2.00 bits per heavy atom. The van der Waals surface area contributed by atoms with Gasteiger partial charge in [-0.05, 0) is 37.0 Å². The number of halogens is 2. The second-order valence-corrected chi connectivity index (χ2v) is 5.77. The molecule has 1 aromatic rings. The van der Waals surface area contributed by atoms with Crippen LogP contribution in [-0.2, 0) is 4.79 Å². The number of hydrogen-bond acceptors (Lipinski definition) is 2. The molecule has 1 aromatic carbocycles. The van der Waals surface area contributed by atoms with Crippen LogP contribution in [0.5, 0.6) is 0 Å². The van der Waals surface area contributed by atoms with Gasteiger partial charge in [0.2, 0.25) is 5.91 Å². The first-order chi connectivity index (χ1) is 9.35. The maximum Gasteiger partial charge on any atom is 0.236 e. The molecular weight excluding hydrogens is 279 g/mol. The number of carbonyl (C=O) groups excluding carboxylic acids is 1. The monoisotopic (exact) mass is 300 g/mol. The number of benzene rings is 1. The fourth-order valence-corrected chi connectivity index (χ4v) is 2.19. The molecule has 1 rings (SSSR count). The summed E-state index contributed by atoms with van der Waals surface area (Å²) in [5.74, 6) is -0.114. The Morgan fingerprint density at radius 1 is 1.35 bits per heavy atom. The lowest BCUT2D eigenvalue weighted by molar-refractivity contribution is -0.123. The minimum Gasteiger partial charge on any atom is -0.358 e. The van der Waals surface area contributed by atoms with E-state index >= 15 is 0 Å². The van der Waals surface area contributed by atoms with E-state index in [-0.39, 0.29) is 23.0 Å². The molecule has 0 aliphatic heterocycles. The van der Waals surface area contributed by atoms with Crippen LogP contribution in [0.2, 0.25) is 5.02 Å². The normalized spacial score (nSPS) is 14.2. The summed E-state index contributed by atoms with van der Waals surface area (Å²) in [7, 11) is 1.62. The molecule has 2 N–H and O–H groups in total. The topological polar surface area (TPSA) is 41.1 Å². The molecule has 0 heterocycles. The van der Waals surface area contributed by atoms with Gasteiger partial charge in [-0.3, -0.25) is 10.1 Å². The average Bonchev–Trinajstić information content (AvgIpc) is 2.39. The molecule has 0 saturated carbocycles. The summed E-state index contributed by atoms with van der Waals surface area (Å²) in [6.45, 7) is 6.02. The summed E-state index contributed by atoms with van der Waals surface area (Å²) in [4.78, 5) is 11.9. The summed E-state index contributed by atoms with van der Waals surface area (Å²) in [5.41, 5.74) is 0.768. The van der Waals surface area contributed by atoms with Crippen LogP contribution >= 0.6 is 11.6 Å². The molecule has 0 aliphatic rings. The van der Waals surface area contributed by atoms with E-state index in [0.717, 1.165) is 12.0 Å². The van der Waals surface area contributed by atoms with Gasteiger partial charge in [0.1, 0.15) is 5.82 Å². The lowest BCUT2D eigenvalue weighted by Gasteiger charge is -2.24. The standard InChI is InChI=1S/C15H22ClFN2O/c1-9(2)7-14(15(20)18-4)19-10(3)11-5-6-12(16)13(17)8-11/h5-6,8-10,14,19H,7H2,1-4H3,(H,18,20). The van der Waals surface area contributed by atoms with Gasteiger partial charge in [-0.15, -0.1) is 0 Å². The zero-order valence-corrected chi connectivity index (χ0v) is 13.1. The Kier molecular flexibility index (Phi) is 6.43. The molecule has 2 atom stereocenters. The third-order valence-electron chi connectivity index (χ3n) is 3.16. The molecule has 5 heteroatoms. The Labute approximate surface area is 124 Å². The molecule has 0 spiro atoms. The van der Waals surface area contributed by atoms with Crippen LogP contribution in [0.25, 0.3) is 0 Å². The van der Waals surface area contributed by atoms with Crippen LogP contribution < -0.4 is 10.6 Å². The predicted octanol–water partition coefficient (Wildman–Crippen LogP) is 3.29. The Morgan fingerprint density at radius 3 is 2.50 bits per heavy atom. The number of nitrogens with one attached hydrogen (secondary N) is 2. The summed E-state index contributed by atoms with van der Waals surface area (Å²) in [6, 6.07) is 4.26. The maximum absolute atomic E-state index is 13.5. The Balaban J connectivity index is 2.81. The first-order valence-electron chi connectivity index (χ1n) is 6.77. The highest BCUT2D eigenvalue weighted by Gasteiger charge is 2.21. The largest absolute Gasteiger partial charge is 0.358 e. The van der Waals surface area contributed by atoms with Gasteiger partial charge in [0, 0.05) is 13.1 Å². The second kappa shape index (κ2) is 7.60. The van der Waals surface area contributed by atoms with E-state index in [1.165, 1.54) is 12.1 Å². The van der Waals surface area contributed by atoms with Crippen LogP contribution in [0.3, 0.4) is 0 Å². The first-order valence-corrected chi connectivity index (χ1v) is 7.15. The number of carbonyl (C=O) groups is 1. The van der Waals surface area contributed by atoms with Gasteiger partial charge in [0.15, 0.2) is 0 Å². The number of hydrogen-bond donors (Lipinski definition) is 2. The van der Waals surface area contributed by atoms with Gasteiger partial charge in [-0.25, -0.2) is 4.39 Å². The third kappa shape index (κ3) is 4.76. The van der Waals surface area contributed by atoms with E-state index in [1.54, 1.807) is 13.1 Å². The highest BCUT2D eigenvalue weighted by molar-refractivity contribution is 6.30. The van der Waals surface area contributed by atoms with Crippen molar-refractivity contribution in [1.29, 1.82) is 0 Å². The molecule has 0 bridgehead atoms. The molecule has 3 nitrogen and oxygen atoms in total. The van der Waals surface area contributed by atoms with Crippen molar-refractivity contribution >= 4 is 17.5 Å². The average molecular weight is 301 g/mol. The molecule has 1 amide bonds. The van der Waals surface area contributed by atoms with E-state index in [0.29, 0.717) is 5.92 Å². The van der Waals surface area contributed by atoms with Crippen molar-refractivity contribution < 1.29 is 9.18 Å². The third-order valence-corrected chi connectivity index (χ3v) is 3.47. The van der Waals surface area contributed by atoms with Crippen molar-refractivity contribution in [1.82, 2.24) is 10.6 Å². The quantitative estimate of drug-likeness (QED) is 0.846. The minimum atomic E-state index is -0.446. The maximum atomic E-state index is 13.5. The fraction of sp³-hybridized carbons (Fsp3) is 0.533. The van der Waals surface area contributed by atoms with Gasteiger partial charge in [-0.1, -0.05) is 31.5 Å². The molecule has 0 fully saturated rings. The first kappa shape index (κ1) is 16.9. The van der Waals surface area contributed by atoms with E-state index in [1.807, 2.05) is 6.92 Å². The highest BCUT2D eigenvalue weighted by atomic mass is 35.5. The van der Waals surface area contributed by atoms with Crippen molar-refractivity contribution in [2.75, 3.05) is 7.05 Å². The van der Waals surface area contributed by atoms with E-state index < -0.39 is 5.82 Å². The SMILES string of the molecule is CNC(=O)C(CC(C)C)NC(C)c1ccc(Cl)c(F)c1. The van der Waals surface area contributed by atoms with E-state index in [4.69, 9.17) is 11.6 Å². The van der Waals surface area contributed by atoms with Crippen molar-refractivity contribution in [2.45, 2.75) is 39.3 Å². The van der Waals surface area contributed by atoms with Crippen molar-refractivity contribution in [2.24, 2.45) is 5.92 Å². The molecular formula is C15H22ClFN2O. The number of rotatable bonds is 6. The van der Waals surface area contributed by atoms with Crippen LogP contribution in [0.4, 0.5) is 4.39 Å². The van der Waals surface area contributed by atoms with E-state index in [2.05, 4.69) is 24.5 Å². The summed E-state index contributed by atoms with van der Waals surface area (Å²) in [6.07, 6.45) is 0.722. The zero-order valence-electron chi connectivity index (χ0n) is 12.3. The summed E-state index contributed by atoms with van der Waals surface area (Å²) < 4.78 is 13.5. The van der Waals surface area contributed by atoms with Gasteiger partial charge in [0.25, 0.3) is 0 Å². The van der Waals surface area contributed by atoms with E-state index in [9.17, 15) is 9.18 Å². The van der Waals surface area contributed by atoms with Crippen molar-refractivity contribution in [3.05, 3.63) is 34.6 Å². The lowest BCUT2D eigenvalue weighted by atomic mass is 10.0. The second-order valence-electron chi connectivity index (χ2n) is 5.36. The number of likely N-dealkylation sites (N-methyl/N-ethyl adjacent to an activating group) is 1. The van der Waals surface area contributed by atoms with Gasteiger partial charge < -0.3 is 5.32 Å². The van der Waals surface area contributed by atoms with Crippen molar-refractivity contribution in [3.63, 3.8) is 0 Å². The summed E-state index contributed by atoms with van der Waals surface area (Å²) in [5, 5.41) is 5.99. The molecule has 0 aromatic heterocycles. The Hall–Kier alpha value is -1.13. The van der Waals surface area contributed by atoms with Gasteiger partial charge in [0.05, 0.1) is 11.1 Å². The molecule has 112 valence electrons. The van der Waals surface area contributed by atoms with Gasteiger partial charge in [-0.2, -0.15) is 0 Å². The van der Waals surface area contributed by atoms with Crippen LogP contribution in [0.15, 0.2) is 18.2 Å². The Bertz CT molecular complexity index is 465. The highest BCUT2D eigenvalue weighted by Crippen LogP contribution is 2.21. The van der Waals surface area contributed by atoms with Crippen LogP contribution in [-0.4, -0.2) is 19.0 Å². The molecule has 0 radical (unpaired) electrons. The van der Waals surface area contributed by atoms with Crippen LogP contribution in [0.1, 0.15) is 38.8 Å². The minimum absolute atomic E-state index is 0.0556. The zero-order chi connectivity index (χ0) is 15.3. The summed E-state index contributed by atoms with van der Waals surface area (Å²) >= 11 is 5.67. The molecule has 20 heavy (non-hydrogen) atoms. The molecule has 2 unspecified atom stereocenters. The predicted molar refractivity (Wildman–Crippen MR) is 80.3 cm³/mol. The van der Waals surface area contributed by atoms with Crippen LogP contribution in [0, 0.1) is 11.7 Å². The molecule has 0 saturated heterocycles. The smallest absolute Gasteiger partial charge is 0.236 e. The lowest BCUT2D eigenvalue weighted by Crippen LogP contribution is -2.44. The fourth-order valence-electron chi connectivity index (χ4n) is 2.08.